The topological polar surface area (TPSA) is 38.5 Å². The zero-order valence-electron chi connectivity index (χ0n) is 11.2. The molecule has 0 aliphatic carbocycles. The second-order valence-corrected chi connectivity index (χ2v) is 5.05. The number of ether oxygens (including phenoxy) is 1. The molecule has 1 aliphatic heterocycles. The van der Waals surface area contributed by atoms with Gasteiger partial charge < -0.3 is 10.5 Å². The standard InChI is InChI=1S/C13H28N2O/c1-4-8-13(5-2,11-14)15(3)10-12-7-6-9-16-12/h12H,4-11,14H2,1-3H3. The predicted molar refractivity (Wildman–Crippen MR) is 68.6 cm³/mol. The zero-order chi connectivity index (χ0) is 12.0. The lowest BCUT2D eigenvalue weighted by Gasteiger charge is -2.41. The van der Waals surface area contributed by atoms with Crippen LogP contribution in [-0.2, 0) is 4.74 Å². The highest BCUT2D eigenvalue weighted by atomic mass is 16.5. The minimum absolute atomic E-state index is 0.181. The van der Waals surface area contributed by atoms with E-state index in [9.17, 15) is 0 Å². The highest BCUT2D eigenvalue weighted by Gasteiger charge is 2.32. The van der Waals surface area contributed by atoms with Gasteiger partial charge in [-0.05, 0) is 32.7 Å². The maximum absolute atomic E-state index is 6.00. The molecule has 0 aromatic heterocycles. The molecule has 0 aromatic carbocycles. The molecule has 0 bridgehead atoms. The van der Waals surface area contributed by atoms with Gasteiger partial charge in [0.25, 0.3) is 0 Å². The molecule has 96 valence electrons. The zero-order valence-corrected chi connectivity index (χ0v) is 11.2. The Balaban J connectivity index is 2.54. The molecule has 1 saturated heterocycles. The van der Waals surface area contributed by atoms with Crippen molar-refractivity contribution in [3.8, 4) is 0 Å². The van der Waals surface area contributed by atoms with Crippen LogP contribution in [0.5, 0.6) is 0 Å². The molecule has 1 aliphatic rings. The molecule has 0 radical (unpaired) electrons. The van der Waals surface area contributed by atoms with Gasteiger partial charge in [0.2, 0.25) is 0 Å². The van der Waals surface area contributed by atoms with Crippen LogP contribution in [-0.4, -0.2) is 43.3 Å². The summed E-state index contributed by atoms with van der Waals surface area (Å²) in [6.07, 6.45) is 6.36. The average molecular weight is 228 g/mol. The lowest BCUT2D eigenvalue weighted by Crippen LogP contribution is -2.53. The molecule has 0 saturated carbocycles. The van der Waals surface area contributed by atoms with E-state index in [1.165, 1.54) is 25.7 Å². The van der Waals surface area contributed by atoms with Crippen LogP contribution in [0.15, 0.2) is 0 Å². The number of nitrogens with two attached hydrogens (primary N) is 1. The Labute approximate surface area is 100 Å². The molecule has 0 amide bonds. The van der Waals surface area contributed by atoms with Crippen LogP contribution >= 0.6 is 0 Å². The number of rotatable bonds is 7. The van der Waals surface area contributed by atoms with Crippen molar-refractivity contribution in [1.82, 2.24) is 4.90 Å². The summed E-state index contributed by atoms with van der Waals surface area (Å²) in [4.78, 5) is 2.44. The van der Waals surface area contributed by atoms with Gasteiger partial charge in [0.1, 0.15) is 0 Å². The van der Waals surface area contributed by atoms with E-state index in [1.54, 1.807) is 0 Å². The number of likely N-dealkylation sites (N-methyl/N-ethyl adjacent to an activating group) is 1. The average Bonchev–Trinajstić information content (AvgIpc) is 2.78. The van der Waals surface area contributed by atoms with Crippen LogP contribution in [0.2, 0.25) is 0 Å². The van der Waals surface area contributed by atoms with Gasteiger partial charge in [-0.1, -0.05) is 20.3 Å². The molecule has 1 rings (SSSR count). The van der Waals surface area contributed by atoms with Crippen LogP contribution in [0.3, 0.4) is 0 Å². The third-order valence-corrected chi connectivity index (χ3v) is 4.06. The smallest absolute Gasteiger partial charge is 0.0702 e. The van der Waals surface area contributed by atoms with E-state index in [0.717, 1.165) is 26.1 Å². The first kappa shape index (κ1) is 13.9. The Morgan fingerprint density at radius 1 is 1.44 bits per heavy atom. The monoisotopic (exact) mass is 228 g/mol. The van der Waals surface area contributed by atoms with Gasteiger partial charge in [-0.25, -0.2) is 0 Å². The van der Waals surface area contributed by atoms with Gasteiger partial charge >= 0.3 is 0 Å². The van der Waals surface area contributed by atoms with Gasteiger partial charge in [0, 0.05) is 25.2 Å². The van der Waals surface area contributed by atoms with Crippen molar-refractivity contribution >= 4 is 0 Å². The van der Waals surface area contributed by atoms with E-state index in [0.29, 0.717) is 6.10 Å². The fourth-order valence-corrected chi connectivity index (χ4v) is 2.79. The van der Waals surface area contributed by atoms with Crippen molar-refractivity contribution in [3.63, 3.8) is 0 Å². The predicted octanol–water partition coefficient (Wildman–Crippen LogP) is 2.00. The SMILES string of the molecule is CCCC(CC)(CN)N(C)CC1CCCO1. The number of nitrogens with zero attached hydrogens (tertiary/aromatic N) is 1. The molecular weight excluding hydrogens is 200 g/mol. The highest BCUT2D eigenvalue weighted by Crippen LogP contribution is 2.25. The molecule has 2 N–H and O–H groups in total. The summed E-state index contributed by atoms with van der Waals surface area (Å²) in [7, 11) is 2.20. The van der Waals surface area contributed by atoms with Gasteiger partial charge in [-0.2, -0.15) is 0 Å². The first-order chi connectivity index (χ1) is 7.68. The molecule has 3 nitrogen and oxygen atoms in total. The third kappa shape index (κ3) is 3.19. The van der Waals surface area contributed by atoms with Crippen LogP contribution in [0.4, 0.5) is 0 Å². The van der Waals surface area contributed by atoms with Crippen molar-refractivity contribution < 1.29 is 4.74 Å². The molecule has 1 heterocycles. The molecule has 2 unspecified atom stereocenters. The van der Waals surface area contributed by atoms with Gasteiger partial charge in [-0.3, -0.25) is 4.90 Å². The molecule has 0 spiro atoms. The Morgan fingerprint density at radius 3 is 2.62 bits per heavy atom. The second kappa shape index (κ2) is 6.58. The van der Waals surface area contributed by atoms with E-state index in [1.807, 2.05) is 0 Å². The van der Waals surface area contributed by atoms with E-state index < -0.39 is 0 Å². The molecule has 2 atom stereocenters. The number of hydrogen-bond acceptors (Lipinski definition) is 3. The van der Waals surface area contributed by atoms with Crippen LogP contribution in [0.1, 0.15) is 46.0 Å². The number of hydrogen-bond donors (Lipinski definition) is 1. The second-order valence-electron chi connectivity index (χ2n) is 5.05. The van der Waals surface area contributed by atoms with Crippen LogP contribution in [0, 0.1) is 0 Å². The minimum Gasteiger partial charge on any atom is -0.377 e. The largest absolute Gasteiger partial charge is 0.377 e. The first-order valence-electron chi connectivity index (χ1n) is 6.71. The molecule has 16 heavy (non-hydrogen) atoms. The van der Waals surface area contributed by atoms with E-state index in [2.05, 4.69) is 25.8 Å². The van der Waals surface area contributed by atoms with Gasteiger partial charge in [0.15, 0.2) is 0 Å². The highest BCUT2D eigenvalue weighted by molar-refractivity contribution is 4.90. The summed E-state index contributed by atoms with van der Waals surface area (Å²) >= 11 is 0. The van der Waals surface area contributed by atoms with E-state index in [-0.39, 0.29) is 5.54 Å². The Bertz CT molecular complexity index is 186. The van der Waals surface area contributed by atoms with Crippen molar-refractivity contribution in [2.24, 2.45) is 5.73 Å². The van der Waals surface area contributed by atoms with Gasteiger partial charge in [0.05, 0.1) is 6.10 Å². The van der Waals surface area contributed by atoms with Crippen molar-refractivity contribution in [3.05, 3.63) is 0 Å². The van der Waals surface area contributed by atoms with Crippen LogP contribution in [0.25, 0.3) is 0 Å². The van der Waals surface area contributed by atoms with Crippen LogP contribution < -0.4 is 5.73 Å². The molecule has 1 fully saturated rings. The minimum atomic E-state index is 0.181. The summed E-state index contributed by atoms with van der Waals surface area (Å²) in [5.74, 6) is 0. The quantitative estimate of drug-likeness (QED) is 0.724. The fraction of sp³-hybridized carbons (Fsp3) is 1.00. The summed E-state index contributed by atoms with van der Waals surface area (Å²) in [6.45, 7) is 7.20. The fourth-order valence-electron chi connectivity index (χ4n) is 2.79. The summed E-state index contributed by atoms with van der Waals surface area (Å²) < 4.78 is 5.70. The van der Waals surface area contributed by atoms with E-state index >= 15 is 0 Å². The summed E-state index contributed by atoms with van der Waals surface area (Å²) in [5, 5.41) is 0. The Morgan fingerprint density at radius 2 is 2.19 bits per heavy atom. The summed E-state index contributed by atoms with van der Waals surface area (Å²) in [6, 6.07) is 0. The lowest BCUT2D eigenvalue weighted by molar-refractivity contribution is 0.0311. The molecule has 3 heteroatoms. The van der Waals surface area contributed by atoms with Gasteiger partial charge in [-0.15, -0.1) is 0 Å². The summed E-state index contributed by atoms with van der Waals surface area (Å²) in [5.41, 5.74) is 6.18. The van der Waals surface area contributed by atoms with Crippen molar-refractivity contribution in [2.75, 3.05) is 26.7 Å². The normalized spacial score (nSPS) is 24.9. The van der Waals surface area contributed by atoms with Crippen molar-refractivity contribution in [1.29, 1.82) is 0 Å². The Hall–Kier alpha value is -0.120. The van der Waals surface area contributed by atoms with Crippen molar-refractivity contribution in [2.45, 2.75) is 57.6 Å². The molecule has 0 aromatic rings. The Kier molecular flexibility index (Phi) is 5.73. The lowest BCUT2D eigenvalue weighted by atomic mass is 9.88. The maximum atomic E-state index is 6.00. The maximum Gasteiger partial charge on any atom is 0.0702 e. The molecular formula is C13H28N2O. The third-order valence-electron chi connectivity index (χ3n) is 4.06. The van der Waals surface area contributed by atoms with E-state index in [4.69, 9.17) is 10.5 Å². The first-order valence-corrected chi connectivity index (χ1v) is 6.71.